The number of hydrogen-bond acceptors (Lipinski definition) is 25. The van der Waals surface area contributed by atoms with Gasteiger partial charge in [-0.3, -0.25) is 24.4 Å². The molecular weight excluding hydrogens is 1620 g/mol. The van der Waals surface area contributed by atoms with E-state index < -0.39 is 43.5 Å². The molecule has 0 aliphatic heterocycles. The SMILES string of the molecule is COCCOC1(C(=O)COCOC)CCC(c2nc3c(-c4ccc(-c5ncc[nH]5)nc4)cnn3c(N(COCC[Si](C)(C)C)COCC[Si](C)(C)C)c2Br)CC1.COCCOC1(C(=O)COCOC)CCC(c2nc3c(-c4ccc(C=O)nc4)cnn3c(N(COCC[Si](C)(C)C)COCC[Si](C)(C)C)c2Br)CC1.N.O. The van der Waals surface area contributed by atoms with Crippen molar-refractivity contribution in [2.24, 2.45) is 0 Å². The van der Waals surface area contributed by atoms with Gasteiger partial charge in [0, 0.05) is 146 Å². The molecule has 9 rings (SSSR count). The molecule has 7 heterocycles. The van der Waals surface area contributed by atoms with E-state index in [1.165, 1.54) is 14.2 Å². The maximum atomic E-state index is 13.6. The fourth-order valence-corrected chi connectivity index (χ4v) is 17.5. The number of imidazole rings is 1. The number of methoxy groups -OCH3 is 4. The second kappa shape index (κ2) is 44.7. The number of pyridine rings is 2. The number of nitrogens with one attached hydrogen (secondary N) is 1. The molecule has 111 heavy (non-hydrogen) atoms. The summed E-state index contributed by atoms with van der Waals surface area (Å²) in [5.41, 5.74) is 5.49. The molecular formula is C76H123Br2N13O16Si4. The average Bonchev–Trinajstić information content (AvgIpc) is 1.68. The summed E-state index contributed by atoms with van der Waals surface area (Å²) in [5, 5.41) is 9.78. The number of carbonyl (C=O) groups is 3. The maximum Gasteiger partial charge on any atom is 0.190 e. The highest BCUT2D eigenvalue weighted by molar-refractivity contribution is 9.11. The number of fused-ring (bicyclic) bond motifs is 2. The third-order valence-electron chi connectivity index (χ3n) is 19.4. The van der Waals surface area contributed by atoms with Crippen LogP contribution in [-0.4, -0.2) is 251 Å². The number of H-pyrrole nitrogens is 1. The summed E-state index contributed by atoms with van der Waals surface area (Å²) in [6.45, 7) is 33.3. The van der Waals surface area contributed by atoms with E-state index in [1.54, 1.807) is 45.1 Å². The van der Waals surface area contributed by atoms with Crippen LogP contribution >= 0.6 is 31.9 Å². The maximum absolute atomic E-state index is 13.6. The molecule has 7 aromatic rings. The zero-order valence-corrected chi connectivity index (χ0v) is 75.5. The van der Waals surface area contributed by atoms with Crippen molar-refractivity contribution in [3.63, 3.8) is 0 Å². The molecule has 0 bridgehead atoms. The zero-order valence-electron chi connectivity index (χ0n) is 68.3. The second-order valence-corrected chi connectivity index (χ2v) is 56.9. The molecule has 35 heteroatoms. The van der Waals surface area contributed by atoms with Crippen molar-refractivity contribution < 1.29 is 76.7 Å². The van der Waals surface area contributed by atoms with Crippen LogP contribution < -0.4 is 16.0 Å². The lowest BCUT2D eigenvalue weighted by Gasteiger charge is -2.39. The number of aromatic amines is 1. The average molecular weight is 1750 g/mol. The third-order valence-corrected chi connectivity index (χ3v) is 27.7. The number of ether oxygens (including phenoxy) is 12. The molecule has 2 aliphatic carbocycles. The summed E-state index contributed by atoms with van der Waals surface area (Å²) in [6.07, 6.45) is 16.0. The monoisotopic (exact) mass is 1740 g/mol. The van der Waals surface area contributed by atoms with Gasteiger partial charge in [0.15, 0.2) is 46.6 Å². The predicted octanol–water partition coefficient (Wildman–Crippen LogP) is 14.0. The minimum atomic E-state index is -1.32. The van der Waals surface area contributed by atoms with E-state index in [4.69, 9.17) is 82.0 Å². The van der Waals surface area contributed by atoms with Crippen molar-refractivity contribution in [2.45, 2.75) is 177 Å². The molecule has 29 nitrogen and oxygen atoms in total. The number of nitrogens with zero attached hydrogens (tertiary/aromatic N) is 11. The van der Waals surface area contributed by atoms with Gasteiger partial charge in [-0.2, -0.15) is 19.2 Å². The van der Waals surface area contributed by atoms with Crippen LogP contribution in [0.1, 0.15) is 85.1 Å². The molecule has 0 spiro atoms. The largest absolute Gasteiger partial charge is 0.412 e. The first kappa shape index (κ1) is 94.5. The Labute approximate surface area is 675 Å². The molecule has 2 fully saturated rings. The summed E-state index contributed by atoms with van der Waals surface area (Å²) >= 11 is 8.03. The Morgan fingerprint density at radius 3 is 1.23 bits per heavy atom. The molecule has 7 aromatic heterocycles. The Kier molecular flexibility index (Phi) is 38.0. The highest BCUT2D eigenvalue weighted by atomic mass is 79.9. The number of anilines is 2. The van der Waals surface area contributed by atoms with Crippen molar-refractivity contribution in [1.29, 1.82) is 0 Å². The predicted molar refractivity (Wildman–Crippen MR) is 449 cm³/mol. The summed E-state index contributed by atoms with van der Waals surface area (Å²) in [4.78, 5) is 69.9. The Balaban J connectivity index is 0.000000341. The molecule has 0 saturated heterocycles. The molecule has 0 amide bonds. The van der Waals surface area contributed by atoms with Crippen molar-refractivity contribution >= 4 is 105 Å². The van der Waals surface area contributed by atoms with Gasteiger partial charge in [0.2, 0.25) is 0 Å². The summed E-state index contributed by atoms with van der Waals surface area (Å²) < 4.78 is 74.9. The van der Waals surface area contributed by atoms with Crippen molar-refractivity contribution in [3.05, 3.63) is 87.5 Å². The van der Waals surface area contributed by atoms with Gasteiger partial charge in [-0.1, -0.05) is 90.7 Å². The van der Waals surface area contributed by atoms with Crippen molar-refractivity contribution in [1.82, 2.24) is 55.3 Å². The van der Waals surface area contributed by atoms with Gasteiger partial charge in [0.1, 0.15) is 76.3 Å². The van der Waals surface area contributed by atoms with E-state index in [0.29, 0.717) is 154 Å². The van der Waals surface area contributed by atoms with Gasteiger partial charge in [-0.05, 0) is 120 Å². The Hall–Kier alpha value is -5.37. The zero-order chi connectivity index (χ0) is 79.0. The first-order chi connectivity index (χ1) is 52.0. The lowest BCUT2D eigenvalue weighted by molar-refractivity contribution is -0.160. The van der Waals surface area contributed by atoms with E-state index in [1.807, 2.05) is 39.6 Å². The number of aldehydes is 1. The Morgan fingerprint density at radius 1 is 0.523 bits per heavy atom. The number of halogens is 2. The quantitative estimate of drug-likeness (QED) is 0.0155. The van der Waals surface area contributed by atoms with Crippen molar-refractivity contribution in [2.75, 3.05) is 145 Å². The van der Waals surface area contributed by atoms with Crippen LogP contribution in [0, 0.1) is 0 Å². The standard InChI is InChI=1S/C39H60BrN7O7Si2.C37H58BrN5O8Si2.H3N.H2O/c1-49-17-18-54-39(33(48)25-53-28-50-2)13-11-29(12-14-39)35-34(40)38(46(26-51-19-21-55(3,4)5)27-52-20-22-56(6,7)8)47-37(45-35)31(24-44-47)30-9-10-32(43-23-30)36-41-15-16-42-36;1-46-15-16-51-37(32(45)24-50-27-47-2)13-11-28(12-14-37)34-33(38)36(42(25-48-17-19-52(3,4)5)26-49-18-20-53(6,7)8)43-35(41-34)31(22-40-43)29-9-10-30(23-44)39-21-29;;/h9-10,15-16,23-24,29H,11-14,17-22,25-28H2,1-8H3,(H,41,42);9-10,21-23,28H,11-20,24-27H2,1-8H3;1H3;1H2. The number of carbonyl (C=O) groups excluding carboxylic acids is 3. The minimum absolute atomic E-state index is 0. The Morgan fingerprint density at radius 2 is 0.910 bits per heavy atom. The fourth-order valence-electron chi connectivity index (χ4n) is 12.8. The highest BCUT2D eigenvalue weighted by Gasteiger charge is 2.46. The summed E-state index contributed by atoms with van der Waals surface area (Å²) in [5.74, 6) is 2.10. The van der Waals surface area contributed by atoms with Gasteiger partial charge in [0.25, 0.3) is 0 Å². The van der Waals surface area contributed by atoms with E-state index in [9.17, 15) is 14.4 Å². The van der Waals surface area contributed by atoms with Gasteiger partial charge < -0.3 is 83.3 Å². The number of Topliss-reactive ketones (excluding diaryl/α,β-unsaturated/α-hetero) is 2. The normalized spacial score (nSPS) is 17.6. The highest BCUT2D eigenvalue weighted by Crippen LogP contribution is 2.47. The molecule has 2 aliphatic rings. The molecule has 0 atom stereocenters. The topological polar surface area (TPSA) is 350 Å². The van der Waals surface area contributed by atoms with E-state index in [-0.39, 0.29) is 61.8 Å². The van der Waals surface area contributed by atoms with Crippen LogP contribution in [0.25, 0.3) is 45.1 Å². The number of hydrogen-bond donors (Lipinski definition) is 2. The number of aromatic nitrogens is 10. The minimum Gasteiger partial charge on any atom is -0.412 e. The van der Waals surface area contributed by atoms with Crippen LogP contribution in [0.5, 0.6) is 0 Å². The molecule has 2 saturated carbocycles. The Bertz CT molecular complexity index is 3910. The van der Waals surface area contributed by atoms with Gasteiger partial charge in [0.05, 0.1) is 59.2 Å². The number of ketones is 2. The first-order valence-corrected chi connectivity index (χ1v) is 54.2. The molecule has 618 valence electrons. The number of rotatable bonds is 46. The van der Waals surface area contributed by atoms with Gasteiger partial charge in [-0.25, -0.2) is 15.0 Å². The van der Waals surface area contributed by atoms with Gasteiger partial charge >= 0.3 is 0 Å². The molecule has 0 radical (unpaired) electrons. The fraction of sp³-hybridized carbons (Fsp3) is 0.632. The van der Waals surface area contributed by atoms with Crippen LogP contribution in [0.2, 0.25) is 103 Å². The van der Waals surface area contributed by atoms with Crippen LogP contribution in [0.3, 0.4) is 0 Å². The summed E-state index contributed by atoms with van der Waals surface area (Å²) in [6, 6.07) is 11.7. The molecule has 0 aromatic carbocycles. The van der Waals surface area contributed by atoms with E-state index in [2.05, 4.69) is 135 Å². The first-order valence-electron chi connectivity index (χ1n) is 37.8. The van der Waals surface area contributed by atoms with Crippen LogP contribution in [-0.2, 0) is 66.4 Å². The smallest absolute Gasteiger partial charge is 0.190 e. The van der Waals surface area contributed by atoms with Crippen molar-refractivity contribution in [3.8, 4) is 33.8 Å². The van der Waals surface area contributed by atoms with Gasteiger partial charge in [-0.15, -0.1) is 0 Å². The van der Waals surface area contributed by atoms with E-state index >= 15 is 0 Å². The van der Waals surface area contributed by atoms with Crippen LogP contribution in [0.4, 0.5) is 11.6 Å². The third kappa shape index (κ3) is 27.7. The van der Waals surface area contributed by atoms with E-state index in [0.717, 1.165) is 90.4 Å². The molecule has 6 N–H and O–H groups in total. The van der Waals surface area contributed by atoms with Crippen LogP contribution in [0.15, 0.2) is 70.4 Å². The molecule has 0 unspecified atom stereocenters. The lowest BCUT2D eigenvalue weighted by Crippen LogP contribution is -2.47. The lowest BCUT2D eigenvalue weighted by atomic mass is 9.75. The second-order valence-electron chi connectivity index (χ2n) is 32.9. The summed E-state index contributed by atoms with van der Waals surface area (Å²) in [7, 11) is 1.03.